The summed E-state index contributed by atoms with van der Waals surface area (Å²) in [5.74, 6) is 3.90. The van der Waals surface area contributed by atoms with Crippen LogP contribution in [0.25, 0.3) is 0 Å². The van der Waals surface area contributed by atoms with E-state index in [9.17, 15) is 0 Å². The first-order valence-electron chi connectivity index (χ1n) is 18.6. The van der Waals surface area contributed by atoms with E-state index in [0.29, 0.717) is 12.8 Å². The van der Waals surface area contributed by atoms with Gasteiger partial charge >= 0.3 is 0 Å². The molecule has 16 bridgehead atoms. The molecule has 0 N–H and O–H groups in total. The summed E-state index contributed by atoms with van der Waals surface area (Å²) in [5, 5.41) is 0. The zero-order chi connectivity index (χ0) is 35.4. The molecule has 0 saturated heterocycles. The molecule has 0 spiro atoms. The number of rotatable bonds is 0. The van der Waals surface area contributed by atoms with Gasteiger partial charge < -0.3 is 18.9 Å². The highest BCUT2D eigenvalue weighted by atomic mass is 16.7. The topological polar surface area (TPSA) is 36.9 Å². The highest BCUT2D eigenvalue weighted by Gasteiger charge is 2.50. The smallest absolute Gasteiger partial charge is 0.252 e. The second-order valence-corrected chi connectivity index (χ2v) is 19.7. The van der Waals surface area contributed by atoms with Crippen LogP contribution in [0, 0.1) is 0 Å². The standard InChI is InChI=1S/C46H52O4/c1-43(2,3)27-15-23-13-24-16-28(44(4,5)6)21-33-36-34-22-30(46(10,11)12)18-26(40(34)50-42(36)49-38(24)33)14-25-17-29(45(7,8)9)20-32-35-31(19-27)37(23)47-41(35)48-39(25)32/h15-22,35-36,41-42H,13-14H2,1-12H3. The maximum atomic E-state index is 6.95. The highest BCUT2D eigenvalue weighted by Crippen LogP contribution is 2.58. The normalized spacial score (nSPS) is 22.5. The number of hydrogen-bond donors (Lipinski definition) is 0. The second kappa shape index (κ2) is 9.90. The zero-order valence-electron chi connectivity index (χ0n) is 32.0. The Morgan fingerprint density at radius 2 is 0.580 bits per heavy atom. The number of hydrogen-bond acceptors (Lipinski definition) is 4. The van der Waals surface area contributed by atoms with Crippen LogP contribution in [-0.2, 0) is 34.5 Å². The van der Waals surface area contributed by atoms with E-state index in [4.69, 9.17) is 18.9 Å². The molecule has 0 unspecified atom stereocenters. The van der Waals surface area contributed by atoms with E-state index in [1.54, 1.807) is 0 Å². The van der Waals surface area contributed by atoms with Crippen molar-refractivity contribution >= 4 is 0 Å². The minimum Gasteiger partial charge on any atom is -0.453 e. The third kappa shape index (κ3) is 4.69. The Hall–Kier alpha value is -3.92. The molecule has 4 aromatic carbocycles. The van der Waals surface area contributed by atoms with Crippen LogP contribution in [0.1, 0.15) is 162 Å². The van der Waals surface area contributed by atoms with Gasteiger partial charge in [-0.05, 0) is 66.2 Å². The van der Waals surface area contributed by atoms with E-state index in [2.05, 4.69) is 132 Å². The van der Waals surface area contributed by atoms with Crippen molar-refractivity contribution in [2.75, 3.05) is 0 Å². The Balaban J connectivity index is 1.38. The van der Waals surface area contributed by atoms with Gasteiger partial charge in [0, 0.05) is 35.1 Å². The van der Waals surface area contributed by atoms with Gasteiger partial charge in [-0.1, -0.05) is 132 Å². The fourth-order valence-electron chi connectivity index (χ4n) is 8.73. The summed E-state index contributed by atoms with van der Waals surface area (Å²) in [7, 11) is 0. The van der Waals surface area contributed by atoms with Crippen LogP contribution in [0.5, 0.6) is 23.0 Å². The van der Waals surface area contributed by atoms with E-state index >= 15 is 0 Å². The van der Waals surface area contributed by atoms with Crippen molar-refractivity contribution in [3.63, 3.8) is 0 Å². The summed E-state index contributed by atoms with van der Waals surface area (Å²) in [6.45, 7) is 27.7. The van der Waals surface area contributed by atoms with Crippen LogP contribution in [0.3, 0.4) is 0 Å². The Labute approximate surface area is 298 Å². The minimum atomic E-state index is -0.396. The Kier molecular flexibility index (Phi) is 6.34. The van der Waals surface area contributed by atoms with Crippen molar-refractivity contribution in [1.82, 2.24) is 0 Å². The van der Waals surface area contributed by atoms with Gasteiger partial charge in [-0.2, -0.15) is 0 Å². The largest absolute Gasteiger partial charge is 0.453 e. The van der Waals surface area contributed by atoms with Crippen molar-refractivity contribution in [3.05, 3.63) is 115 Å². The van der Waals surface area contributed by atoms with E-state index in [1.807, 2.05) is 0 Å². The molecule has 6 aliphatic heterocycles. The molecule has 0 atom stereocenters. The van der Waals surface area contributed by atoms with Crippen LogP contribution in [0.4, 0.5) is 0 Å². The SMILES string of the molecule is CC(C)(C)c1cc2c3c(c1)C1c4cc(C(C)(C)C)cc(c4OC1O3)Cc1cc(C(C)(C)C)cc3c1OC1Oc4c(cc(C(C)(C)C)cc4C31)C2. The molecule has 4 nitrogen and oxygen atoms in total. The average molecular weight is 669 g/mol. The Morgan fingerprint density at radius 1 is 0.360 bits per heavy atom. The Bertz CT molecular complexity index is 1820. The molecule has 260 valence electrons. The summed E-state index contributed by atoms with van der Waals surface area (Å²) in [4.78, 5) is 0. The van der Waals surface area contributed by atoms with Crippen LogP contribution in [-0.4, -0.2) is 12.6 Å². The lowest BCUT2D eigenvalue weighted by atomic mass is 9.77. The summed E-state index contributed by atoms with van der Waals surface area (Å²) < 4.78 is 27.8. The van der Waals surface area contributed by atoms with Gasteiger partial charge in [0.1, 0.15) is 23.0 Å². The van der Waals surface area contributed by atoms with Gasteiger partial charge in [0.2, 0.25) is 0 Å². The summed E-state index contributed by atoms with van der Waals surface area (Å²) in [6.07, 6.45) is 0.621. The van der Waals surface area contributed by atoms with Gasteiger partial charge in [-0.25, -0.2) is 0 Å². The molecule has 4 heteroatoms. The average Bonchev–Trinajstić information content (AvgIpc) is 3.73. The maximum absolute atomic E-state index is 6.95. The van der Waals surface area contributed by atoms with Crippen molar-refractivity contribution in [3.8, 4) is 23.0 Å². The lowest BCUT2D eigenvalue weighted by Gasteiger charge is -2.26. The number of benzene rings is 4. The van der Waals surface area contributed by atoms with Crippen LogP contribution < -0.4 is 18.9 Å². The van der Waals surface area contributed by atoms with Gasteiger partial charge in [0.05, 0.1) is 11.8 Å². The van der Waals surface area contributed by atoms with E-state index in [-0.39, 0.29) is 33.5 Å². The predicted octanol–water partition coefficient (Wildman–Crippen LogP) is 10.9. The lowest BCUT2D eigenvalue weighted by Crippen LogP contribution is -2.20. The highest BCUT2D eigenvalue weighted by molar-refractivity contribution is 5.66. The van der Waals surface area contributed by atoms with Gasteiger partial charge in [0.15, 0.2) is 0 Å². The quantitative estimate of drug-likeness (QED) is 0.187. The maximum Gasteiger partial charge on any atom is 0.252 e. The minimum absolute atomic E-state index is 0.00624. The summed E-state index contributed by atoms with van der Waals surface area (Å²) >= 11 is 0. The molecule has 0 amide bonds. The fraction of sp³-hybridized carbons (Fsp3) is 0.478. The van der Waals surface area contributed by atoms with Gasteiger partial charge in [-0.15, -0.1) is 0 Å². The monoisotopic (exact) mass is 668 g/mol. The zero-order valence-corrected chi connectivity index (χ0v) is 32.0. The van der Waals surface area contributed by atoms with Crippen molar-refractivity contribution in [2.45, 2.75) is 142 Å². The third-order valence-electron chi connectivity index (χ3n) is 11.8. The summed E-state index contributed by atoms with van der Waals surface area (Å²) in [5.41, 5.74) is 14.9. The summed E-state index contributed by atoms with van der Waals surface area (Å²) in [6, 6.07) is 19.1. The predicted molar refractivity (Wildman–Crippen MR) is 200 cm³/mol. The second-order valence-electron chi connectivity index (χ2n) is 19.7. The molecule has 0 radical (unpaired) electrons. The first-order valence-corrected chi connectivity index (χ1v) is 18.6. The molecule has 0 aliphatic carbocycles. The van der Waals surface area contributed by atoms with Crippen molar-refractivity contribution in [1.29, 1.82) is 0 Å². The molecular weight excluding hydrogens is 617 g/mol. The molecule has 6 heterocycles. The molecule has 6 aliphatic rings. The Morgan fingerprint density at radius 3 is 0.780 bits per heavy atom. The molecule has 0 fully saturated rings. The lowest BCUT2D eigenvalue weighted by molar-refractivity contribution is 0.0306. The molecule has 0 saturated carbocycles. The van der Waals surface area contributed by atoms with E-state index in [0.717, 1.165) is 23.0 Å². The molecule has 50 heavy (non-hydrogen) atoms. The van der Waals surface area contributed by atoms with Crippen molar-refractivity contribution < 1.29 is 18.9 Å². The van der Waals surface area contributed by atoms with E-state index < -0.39 is 12.6 Å². The van der Waals surface area contributed by atoms with Crippen LogP contribution in [0.15, 0.2) is 48.5 Å². The van der Waals surface area contributed by atoms with Crippen LogP contribution in [0.2, 0.25) is 0 Å². The molecule has 10 rings (SSSR count). The first kappa shape index (κ1) is 32.0. The molecule has 0 aromatic heterocycles. The number of ether oxygens (including phenoxy) is 4. The van der Waals surface area contributed by atoms with Gasteiger partial charge in [-0.3, -0.25) is 0 Å². The van der Waals surface area contributed by atoms with Gasteiger partial charge in [0.25, 0.3) is 12.6 Å². The molecular formula is C46H52O4. The fourth-order valence-corrected chi connectivity index (χ4v) is 8.73. The van der Waals surface area contributed by atoms with Crippen molar-refractivity contribution in [2.24, 2.45) is 0 Å². The third-order valence-corrected chi connectivity index (χ3v) is 11.8. The van der Waals surface area contributed by atoms with E-state index in [1.165, 1.54) is 66.8 Å². The first-order chi connectivity index (χ1) is 23.3. The van der Waals surface area contributed by atoms with Crippen LogP contribution >= 0.6 is 0 Å². The molecule has 4 aromatic rings.